The Morgan fingerprint density at radius 1 is 1.35 bits per heavy atom. The first kappa shape index (κ1) is 12.5. The highest BCUT2D eigenvalue weighted by Gasteiger charge is 2.19. The Hall–Kier alpha value is -2.56. The van der Waals surface area contributed by atoms with Gasteiger partial charge in [0.2, 0.25) is 0 Å². The van der Waals surface area contributed by atoms with Gasteiger partial charge in [0.05, 0.1) is 29.0 Å². The van der Waals surface area contributed by atoms with Gasteiger partial charge in [-0.2, -0.15) is 0 Å². The smallest absolute Gasteiger partial charge is 0.337 e. The van der Waals surface area contributed by atoms with Crippen molar-refractivity contribution in [3.8, 4) is 0 Å². The van der Waals surface area contributed by atoms with Crippen LogP contribution in [0.2, 0.25) is 0 Å². The minimum absolute atomic E-state index is 0.116. The fourth-order valence-electron chi connectivity index (χ4n) is 2.37. The van der Waals surface area contributed by atoms with E-state index in [1.165, 1.54) is 0 Å². The highest BCUT2D eigenvalue weighted by Crippen LogP contribution is 2.26. The molecule has 0 saturated carbocycles. The van der Waals surface area contributed by atoms with E-state index in [0.29, 0.717) is 11.0 Å². The third-order valence-electron chi connectivity index (χ3n) is 3.41. The van der Waals surface area contributed by atoms with Crippen LogP contribution in [0.4, 0.5) is 0 Å². The molecule has 3 aromatic rings. The summed E-state index contributed by atoms with van der Waals surface area (Å²) in [5.74, 6) is 0.650. The third kappa shape index (κ3) is 1.87. The van der Waals surface area contributed by atoms with Crippen molar-refractivity contribution in [2.45, 2.75) is 19.9 Å². The number of nitrogens with zero attached hydrogens (tertiary/aromatic N) is 2. The van der Waals surface area contributed by atoms with Gasteiger partial charge in [0.15, 0.2) is 0 Å². The molecule has 0 fully saturated rings. The Labute approximate surface area is 115 Å². The maximum Gasteiger partial charge on any atom is 0.337 e. The van der Waals surface area contributed by atoms with E-state index in [-0.39, 0.29) is 11.6 Å². The lowest BCUT2D eigenvalue weighted by Gasteiger charge is -2.13. The average Bonchev–Trinajstić information content (AvgIpc) is 3.03. The number of fused-ring (bicyclic) bond motifs is 1. The van der Waals surface area contributed by atoms with Crippen LogP contribution in [0, 0.1) is 6.92 Å². The van der Waals surface area contributed by atoms with Gasteiger partial charge in [-0.15, -0.1) is 0 Å². The van der Waals surface area contributed by atoms with Crippen molar-refractivity contribution in [3.05, 3.63) is 53.7 Å². The van der Waals surface area contributed by atoms with Crippen molar-refractivity contribution in [3.63, 3.8) is 0 Å². The fraction of sp³-hybridized carbons (Fsp3) is 0.200. The number of rotatable bonds is 3. The van der Waals surface area contributed by atoms with Gasteiger partial charge in [-0.3, -0.25) is 0 Å². The number of carbonyl (C=O) groups is 1. The van der Waals surface area contributed by atoms with Gasteiger partial charge in [-0.05, 0) is 38.1 Å². The zero-order valence-electron chi connectivity index (χ0n) is 11.2. The summed E-state index contributed by atoms with van der Waals surface area (Å²) < 4.78 is 7.45. The van der Waals surface area contributed by atoms with Crippen LogP contribution in [-0.4, -0.2) is 20.6 Å². The molecule has 1 atom stereocenters. The molecule has 5 nitrogen and oxygen atoms in total. The molecule has 0 spiro atoms. The molecule has 0 aliphatic carbocycles. The van der Waals surface area contributed by atoms with Crippen LogP contribution in [0.3, 0.4) is 0 Å². The first-order valence-corrected chi connectivity index (χ1v) is 6.33. The lowest BCUT2D eigenvalue weighted by atomic mass is 10.1. The fourth-order valence-corrected chi connectivity index (χ4v) is 2.37. The molecule has 0 saturated heterocycles. The number of hydrogen-bond acceptors (Lipinski definition) is 3. The molecule has 102 valence electrons. The highest BCUT2D eigenvalue weighted by atomic mass is 16.4. The molecule has 0 aliphatic heterocycles. The zero-order valence-corrected chi connectivity index (χ0v) is 11.2. The molecule has 1 unspecified atom stereocenters. The van der Waals surface area contributed by atoms with E-state index in [4.69, 9.17) is 4.42 Å². The van der Waals surface area contributed by atoms with E-state index in [0.717, 1.165) is 11.5 Å². The van der Waals surface area contributed by atoms with Crippen molar-refractivity contribution in [2.24, 2.45) is 0 Å². The Bertz CT molecular complexity index is 785. The molecular weight excluding hydrogens is 256 g/mol. The van der Waals surface area contributed by atoms with Crippen LogP contribution < -0.4 is 0 Å². The molecule has 3 rings (SSSR count). The second-order valence-corrected chi connectivity index (χ2v) is 4.75. The Morgan fingerprint density at radius 3 is 2.80 bits per heavy atom. The molecule has 0 bridgehead atoms. The summed E-state index contributed by atoms with van der Waals surface area (Å²) >= 11 is 0. The summed E-state index contributed by atoms with van der Waals surface area (Å²) in [7, 11) is 0. The van der Waals surface area contributed by atoms with E-state index >= 15 is 0 Å². The van der Waals surface area contributed by atoms with E-state index in [9.17, 15) is 9.90 Å². The maximum absolute atomic E-state index is 11.4. The number of furan rings is 1. The predicted octanol–water partition coefficient (Wildman–Crippen LogP) is 3.25. The Kier molecular flexibility index (Phi) is 2.82. The topological polar surface area (TPSA) is 68.3 Å². The Morgan fingerprint density at radius 2 is 2.15 bits per heavy atom. The third-order valence-corrected chi connectivity index (χ3v) is 3.41. The van der Waals surface area contributed by atoms with E-state index < -0.39 is 5.97 Å². The minimum atomic E-state index is -0.958. The number of aromatic carboxylic acids is 1. The quantitative estimate of drug-likeness (QED) is 0.793. The first-order valence-electron chi connectivity index (χ1n) is 6.33. The molecule has 0 radical (unpaired) electrons. The number of imidazole rings is 1. The van der Waals surface area contributed by atoms with Crippen LogP contribution in [0.1, 0.15) is 34.8 Å². The van der Waals surface area contributed by atoms with Gasteiger partial charge < -0.3 is 14.1 Å². The SMILES string of the molecule is Cc1ccc(C(C)n2cnc3cccc(C(=O)O)c32)o1. The van der Waals surface area contributed by atoms with Gasteiger partial charge in [0, 0.05) is 0 Å². The van der Waals surface area contributed by atoms with Gasteiger partial charge in [-0.25, -0.2) is 9.78 Å². The lowest BCUT2D eigenvalue weighted by molar-refractivity contribution is 0.0698. The van der Waals surface area contributed by atoms with Crippen molar-refractivity contribution >= 4 is 17.0 Å². The number of carboxylic acids is 1. The number of aromatic nitrogens is 2. The monoisotopic (exact) mass is 270 g/mol. The molecule has 20 heavy (non-hydrogen) atoms. The summed E-state index contributed by atoms with van der Waals surface area (Å²) in [5.41, 5.74) is 1.52. The Balaban J connectivity index is 2.19. The molecule has 5 heteroatoms. The van der Waals surface area contributed by atoms with Crippen LogP contribution in [0.25, 0.3) is 11.0 Å². The zero-order chi connectivity index (χ0) is 14.3. The van der Waals surface area contributed by atoms with Crippen molar-refractivity contribution in [2.75, 3.05) is 0 Å². The molecule has 2 aromatic heterocycles. The van der Waals surface area contributed by atoms with Crippen molar-refractivity contribution in [1.29, 1.82) is 0 Å². The molecule has 0 amide bonds. The second-order valence-electron chi connectivity index (χ2n) is 4.75. The van der Waals surface area contributed by atoms with E-state index in [1.807, 2.05) is 30.5 Å². The highest BCUT2D eigenvalue weighted by molar-refractivity contribution is 6.01. The number of hydrogen-bond donors (Lipinski definition) is 1. The minimum Gasteiger partial charge on any atom is -0.478 e. The predicted molar refractivity (Wildman–Crippen MR) is 74.0 cm³/mol. The number of para-hydroxylation sites is 1. The van der Waals surface area contributed by atoms with Gasteiger partial charge >= 0.3 is 5.97 Å². The molecular formula is C15H14N2O3. The number of aryl methyl sites for hydroxylation is 1. The molecule has 1 aromatic carbocycles. The summed E-state index contributed by atoms with van der Waals surface area (Å²) in [6.07, 6.45) is 1.65. The molecule has 2 heterocycles. The van der Waals surface area contributed by atoms with Crippen LogP contribution in [-0.2, 0) is 0 Å². The summed E-state index contributed by atoms with van der Waals surface area (Å²) in [6.45, 7) is 3.84. The van der Waals surface area contributed by atoms with Crippen LogP contribution >= 0.6 is 0 Å². The number of benzene rings is 1. The maximum atomic E-state index is 11.4. The largest absolute Gasteiger partial charge is 0.478 e. The van der Waals surface area contributed by atoms with Gasteiger partial charge in [0.1, 0.15) is 11.5 Å². The molecule has 0 aliphatic rings. The summed E-state index contributed by atoms with van der Waals surface area (Å²) in [6, 6.07) is 8.76. The number of carboxylic acid groups (broad SMARTS) is 1. The van der Waals surface area contributed by atoms with E-state index in [1.54, 1.807) is 24.5 Å². The standard InChI is InChI=1S/C15H14N2O3/c1-9-6-7-13(20-9)10(2)17-8-16-12-5-3-4-11(14(12)17)15(18)19/h3-8,10H,1-2H3,(H,18,19). The van der Waals surface area contributed by atoms with Crippen LogP contribution in [0.15, 0.2) is 41.1 Å². The van der Waals surface area contributed by atoms with Gasteiger partial charge in [0.25, 0.3) is 0 Å². The molecule has 1 N–H and O–H groups in total. The normalized spacial score (nSPS) is 12.7. The average molecular weight is 270 g/mol. The second kappa shape index (κ2) is 4.52. The first-order chi connectivity index (χ1) is 9.58. The van der Waals surface area contributed by atoms with Crippen molar-refractivity contribution in [1.82, 2.24) is 9.55 Å². The van der Waals surface area contributed by atoms with E-state index in [2.05, 4.69) is 4.98 Å². The van der Waals surface area contributed by atoms with Crippen LogP contribution in [0.5, 0.6) is 0 Å². The summed E-state index contributed by atoms with van der Waals surface area (Å²) in [4.78, 5) is 15.6. The van der Waals surface area contributed by atoms with Gasteiger partial charge in [-0.1, -0.05) is 6.07 Å². The lowest BCUT2D eigenvalue weighted by Crippen LogP contribution is -2.08. The van der Waals surface area contributed by atoms with Crippen molar-refractivity contribution < 1.29 is 14.3 Å². The summed E-state index contributed by atoms with van der Waals surface area (Å²) in [5, 5.41) is 9.32.